The molecule has 1 rings (SSSR count). The molecule has 10 heavy (non-hydrogen) atoms. The number of rotatable bonds is 2. The van der Waals surface area contributed by atoms with E-state index >= 15 is 0 Å². The third-order valence-electron chi connectivity index (χ3n) is 1.47. The van der Waals surface area contributed by atoms with Gasteiger partial charge >= 0.3 is 0 Å². The van der Waals surface area contributed by atoms with Crippen LogP contribution < -0.4 is 0 Å². The minimum atomic E-state index is -0.543. The second kappa shape index (κ2) is 3.07. The minimum absolute atomic E-state index is 0.0940. The third kappa shape index (κ3) is 1.16. The van der Waals surface area contributed by atoms with E-state index in [2.05, 4.69) is 0 Å². The lowest BCUT2D eigenvalue weighted by Crippen LogP contribution is -2.56. The van der Waals surface area contributed by atoms with E-state index in [0.717, 1.165) is 0 Å². The number of ether oxygens (including phenoxy) is 1. The summed E-state index contributed by atoms with van der Waals surface area (Å²) < 4.78 is 5.01. The first-order valence-corrected chi connectivity index (χ1v) is 3.99. The molecule has 1 aliphatic carbocycles. The van der Waals surface area contributed by atoms with Crippen molar-refractivity contribution in [3.05, 3.63) is 0 Å². The molecule has 1 fully saturated rings. The van der Waals surface area contributed by atoms with E-state index in [1.54, 1.807) is 0 Å². The Bertz CT molecular complexity index is 149. The topological polar surface area (TPSA) is 26.3 Å². The molecular formula is C6H8Cl2O2. The van der Waals surface area contributed by atoms with Crippen LogP contribution in [0.15, 0.2) is 0 Å². The molecule has 3 unspecified atom stereocenters. The van der Waals surface area contributed by atoms with E-state index in [1.165, 1.54) is 0 Å². The van der Waals surface area contributed by atoms with Crippen molar-refractivity contribution in [1.29, 1.82) is 0 Å². The van der Waals surface area contributed by atoms with Gasteiger partial charge in [-0.3, -0.25) is 4.79 Å². The van der Waals surface area contributed by atoms with E-state index in [-0.39, 0.29) is 11.2 Å². The molecule has 1 aliphatic rings. The summed E-state index contributed by atoms with van der Waals surface area (Å²) in [5.41, 5.74) is 0. The van der Waals surface area contributed by atoms with Crippen LogP contribution in [0.5, 0.6) is 0 Å². The predicted molar refractivity (Wildman–Crippen MR) is 39.7 cm³/mol. The highest BCUT2D eigenvalue weighted by Crippen LogP contribution is 2.30. The Labute approximate surface area is 69.4 Å². The highest BCUT2D eigenvalue weighted by atomic mass is 35.5. The van der Waals surface area contributed by atoms with Crippen LogP contribution in [0.25, 0.3) is 0 Å². The predicted octanol–water partition coefficient (Wildman–Crippen LogP) is 1.19. The lowest BCUT2D eigenvalue weighted by Gasteiger charge is -2.34. The van der Waals surface area contributed by atoms with Crippen LogP contribution in [-0.4, -0.2) is 29.2 Å². The Hall–Kier alpha value is 0.210. The largest absolute Gasteiger partial charge is 0.369 e. The van der Waals surface area contributed by atoms with Gasteiger partial charge in [0.05, 0.1) is 5.38 Å². The van der Waals surface area contributed by atoms with Crippen LogP contribution in [0.2, 0.25) is 0 Å². The fourth-order valence-corrected chi connectivity index (χ4v) is 1.44. The number of ketones is 1. The van der Waals surface area contributed by atoms with Crippen molar-refractivity contribution in [2.45, 2.75) is 23.8 Å². The molecular weight excluding hydrogens is 175 g/mol. The van der Waals surface area contributed by atoms with Crippen LogP contribution in [-0.2, 0) is 9.53 Å². The number of carbonyl (C=O) groups excluding carboxylic acids is 1. The molecule has 0 spiro atoms. The number of hydrogen-bond donors (Lipinski definition) is 0. The maximum atomic E-state index is 10.8. The van der Waals surface area contributed by atoms with Gasteiger partial charge in [0.15, 0.2) is 5.78 Å². The number of alkyl halides is 2. The first-order valence-electron chi connectivity index (χ1n) is 3.12. The normalized spacial score (nSPS) is 39.5. The third-order valence-corrected chi connectivity index (χ3v) is 2.56. The molecule has 58 valence electrons. The van der Waals surface area contributed by atoms with E-state index < -0.39 is 11.5 Å². The Morgan fingerprint density at radius 2 is 2.20 bits per heavy atom. The first-order chi connectivity index (χ1) is 4.68. The molecule has 0 N–H and O–H groups in total. The van der Waals surface area contributed by atoms with Gasteiger partial charge in [-0.15, -0.1) is 23.2 Å². The molecule has 0 bridgehead atoms. The Kier molecular flexibility index (Phi) is 2.55. The molecule has 2 nitrogen and oxygen atoms in total. The van der Waals surface area contributed by atoms with Gasteiger partial charge in [-0.1, -0.05) is 0 Å². The summed E-state index contributed by atoms with van der Waals surface area (Å²) in [5, 5.41) is -0.882. The van der Waals surface area contributed by atoms with Crippen molar-refractivity contribution in [3.8, 4) is 0 Å². The second-order valence-corrected chi connectivity index (χ2v) is 3.10. The van der Waals surface area contributed by atoms with E-state index in [4.69, 9.17) is 27.9 Å². The fourth-order valence-electron chi connectivity index (χ4n) is 0.859. The van der Waals surface area contributed by atoms with Crippen molar-refractivity contribution in [2.75, 3.05) is 6.61 Å². The average molecular weight is 183 g/mol. The SMILES string of the molecule is CCOC1C(=O)C(Cl)C1Cl. The van der Waals surface area contributed by atoms with Crippen molar-refractivity contribution in [2.24, 2.45) is 0 Å². The molecule has 0 saturated heterocycles. The molecule has 0 radical (unpaired) electrons. The molecule has 1 saturated carbocycles. The molecule has 0 aromatic carbocycles. The maximum Gasteiger partial charge on any atom is 0.182 e. The summed E-state index contributed by atoms with van der Waals surface area (Å²) in [7, 11) is 0. The maximum absolute atomic E-state index is 10.8. The molecule has 0 aromatic rings. The summed E-state index contributed by atoms with van der Waals surface area (Å²) in [4.78, 5) is 10.8. The highest BCUT2D eigenvalue weighted by molar-refractivity contribution is 6.43. The van der Waals surface area contributed by atoms with Crippen LogP contribution in [0.3, 0.4) is 0 Å². The lowest BCUT2D eigenvalue weighted by molar-refractivity contribution is -0.138. The van der Waals surface area contributed by atoms with Crippen molar-refractivity contribution in [3.63, 3.8) is 0 Å². The highest BCUT2D eigenvalue weighted by Gasteiger charge is 2.48. The van der Waals surface area contributed by atoms with Gasteiger partial charge in [0.1, 0.15) is 11.5 Å². The summed E-state index contributed by atoms with van der Waals surface area (Å²) in [6.45, 7) is 2.32. The van der Waals surface area contributed by atoms with E-state index in [0.29, 0.717) is 6.61 Å². The molecule has 0 aliphatic heterocycles. The Balaban J connectivity index is 2.42. The van der Waals surface area contributed by atoms with Gasteiger partial charge in [0.25, 0.3) is 0 Å². The number of carbonyl (C=O) groups is 1. The fraction of sp³-hybridized carbons (Fsp3) is 0.833. The summed E-state index contributed by atoms with van der Waals surface area (Å²) in [6.07, 6.45) is -0.464. The zero-order valence-electron chi connectivity index (χ0n) is 5.51. The van der Waals surface area contributed by atoms with Crippen LogP contribution in [0, 0.1) is 0 Å². The van der Waals surface area contributed by atoms with E-state index in [1.807, 2.05) is 6.92 Å². The standard InChI is InChI=1S/C6H8Cl2O2/c1-2-10-6-4(8)3(7)5(6)9/h3-4,6H,2H2,1H3. The van der Waals surface area contributed by atoms with Gasteiger partial charge in [-0.05, 0) is 6.92 Å². The molecule has 0 heterocycles. The summed E-state index contributed by atoms with van der Waals surface area (Å²) in [6, 6.07) is 0. The minimum Gasteiger partial charge on any atom is -0.369 e. The second-order valence-electron chi connectivity index (χ2n) is 2.12. The Morgan fingerprint density at radius 3 is 2.60 bits per heavy atom. The van der Waals surface area contributed by atoms with Crippen molar-refractivity contribution < 1.29 is 9.53 Å². The van der Waals surface area contributed by atoms with E-state index in [9.17, 15) is 4.79 Å². The molecule has 4 heteroatoms. The zero-order chi connectivity index (χ0) is 7.72. The van der Waals surface area contributed by atoms with Gasteiger partial charge in [-0.2, -0.15) is 0 Å². The summed E-state index contributed by atoms with van der Waals surface area (Å²) in [5.74, 6) is -0.0940. The van der Waals surface area contributed by atoms with Crippen LogP contribution >= 0.6 is 23.2 Å². The van der Waals surface area contributed by atoms with Crippen molar-refractivity contribution in [1.82, 2.24) is 0 Å². The number of hydrogen-bond acceptors (Lipinski definition) is 2. The van der Waals surface area contributed by atoms with Gasteiger partial charge < -0.3 is 4.74 Å². The quantitative estimate of drug-likeness (QED) is 0.601. The molecule has 3 atom stereocenters. The number of halogens is 2. The monoisotopic (exact) mass is 182 g/mol. The smallest absolute Gasteiger partial charge is 0.182 e. The molecule has 0 aromatic heterocycles. The first kappa shape index (κ1) is 8.31. The van der Waals surface area contributed by atoms with Crippen LogP contribution in [0.4, 0.5) is 0 Å². The number of Topliss-reactive ketones (excluding diaryl/α,β-unsaturated/α-hetero) is 1. The van der Waals surface area contributed by atoms with Crippen molar-refractivity contribution >= 4 is 29.0 Å². The van der Waals surface area contributed by atoms with Crippen LogP contribution in [0.1, 0.15) is 6.92 Å². The average Bonchev–Trinajstić information content (AvgIpc) is 1.98. The molecule has 0 amide bonds. The summed E-state index contributed by atoms with van der Waals surface area (Å²) >= 11 is 11.2. The lowest BCUT2D eigenvalue weighted by atomic mass is 9.92. The Morgan fingerprint density at radius 1 is 1.60 bits per heavy atom. The van der Waals surface area contributed by atoms with Gasteiger partial charge in [0.2, 0.25) is 0 Å². The van der Waals surface area contributed by atoms with Gasteiger partial charge in [-0.25, -0.2) is 0 Å². The zero-order valence-corrected chi connectivity index (χ0v) is 7.02. The van der Waals surface area contributed by atoms with Gasteiger partial charge in [0, 0.05) is 6.61 Å².